The molecular formula is C18H22N4O3. The number of aryl methyl sites for hydroxylation is 1. The molecule has 7 nitrogen and oxygen atoms in total. The van der Waals surface area contributed by atoms with E-state index in [0.717, 1.165) is 30.5 Å². The standard InChI is InChI=1S/C18H22N4O3/c1-13-5-4-7-15(11-13)22-12-16(19-20-22)18(25)21-10-3-2-6-14(21)8-9-17(23)24/h4-5,7,11-12,14H,2-3,6,8-10H2,1H3,(H,23,24). The largest absolute Gasteiger partial charge is 0.481 e. The molecular weight excluding hydrogens is 320 g/mol. The molecule has 0 saturated carbocycles. The minimum Gasteiger partial charge on any atom is -0.481 e. The zero-order valence-corrected chi connectivity index (χ0v) is 14.3. The van der Waals surface area contributed by atoms with Crippen LogP contribution in [0.15, 0.2) is 30.5 Å². The summed E-state index contributed by atoms with van der Waals surface area (Å²) in [6, 6.07) is 7.76. The second-order valence-electron chi connectivity index (χ2n) is 6.47. The van der Waals surface area contributed by atoms with Gasteiger partial charge in [0.05, 0.1) is 11.9 Å². The minimum atomic E-state index is -0.830. The maximum absolute atomic E-state index is 12.8. The minimum absolute atomic E-state index is 0.0403. The predicted molar refractivity (Wildman–Crippen MR) is 91.6 cm³/mol. The summed E-state index contributed by atoms with van der Waals surface area (Å²) < 4.78 is 1.59. The molecule has 0 radical (unpaired) electrons. The molecule has 7 heteroatoms. The highest BCUT2D eigenvalue weighted by molar-refractivity contribution is 5.92. The number of carbonyl (C=O) groups is 2. The van der Waals surface area contributed by atoms with Gasteiger partial charge in [-0.15, -0.1) is 5.10 Å². The number of benzene rings is 1. The number of likely N-dealkylation sites (tertiary alicyclic amines) is 1. The highest BCUT2D eigenvalue weighted by Crippen LogP contribution is 2.23. The molecule has 2 aromatic rings. The summed E-state index contributed by atoms with van der Waals surface area (Å²) in [6.07, 6.45) is 4.98. The summed E-state index contributed by atoms with van der Waals surface area (Å²) >= 11 is 0. The first-order valence-electron chi connectivity index (χ1n) is 8.57. The topological polar surface area (TPSA) is 88.3 Å². The monoisotopic (exact) mass is 342 g/mol. The Kier molecular flexibility index (Phi) is 5.11. The van der Waals surface area contributed by atoms with Gasteiger partial charge >= 0.3 is 5.97 Å². The van der Waals surface area contributed by atoms with Crippen molar-refractivity contribution in [2.45, 2.75) is 45.1 Å². The Morgan fingerprint density at radius 1 is 1.32 bits per heavy atom. The van der Waals surface area contributed by atoms with Gasteiger partial charge in [0.25, 0.3) is 5.91 Å². The van der Waals surface area contributed by atoms with Gasteiger partial charge < -0.3 is 10.0 Å². The molecule has 1 saturated heterocycles. The summed E-state index contributed by atoms with van der Waals surface area (Å²) in [5.74, 6) is -1.00. The predicted octanol–water partition coefficient (Wildman–Crippen LogP) is 2.44. The molecule has 1 aromatic carbocycles. The molecule has 0 bridgehead atoms. The van der Waals surface area contributed by atoms with E-state index in [9.17, 15) is 9.59 Å². The van der Waals surface area contributed by atoms with Crippen molar-refractivity contribution < 1.29 is 14.7 Å². The van der Waals surface area contributed by atoms with Gasteiger partial charge in [-0.2, -0.15) is 0 Å². The van der Waals surface area contributed by atoms with E-state index in [1.165, 1.54) is 0 Å². The molecule has 1 aromatic heterocycles. The average molecular weight is 342 g/mol. The summed E-state index contributed by atoms with van der Waals surface area (Å²) in [7, 11) is 0. The number of carbonyl (C=O) groups excluding carboxylic acids is 1. The number of aliphatic carboxylic acids is 1. The van der Waals surface area contributed by atoms with Gasteiger partial charge in [0.2, 0.25) is 0 Å². The lowest BCUT2D eigenvalue weighted by Crippen LogP contribution is -2.44. The molecule has 1 amide bonds. The Bertz CT molecular complexity index is 771. The molecule has 2 heterocycles. The average Bonchev–Trinajstić information content (AvgIpc) is 3.10. The zero-order chi connectivity index (χ0) is 17.8. The van der Waals surface area contributed by atoms with Gasteiger partial charge in [-0.25, -0.2) is 4.68 Å². The summed E-state index contributed by atoms with van der Waals surface area (Å²) in [4.78, 5) is 25.4. The Hall–Kier alpha value is -2.70. The van der Waals surface area contributed by atoms with Crippen LogP contribution in [0.25, 0.3) is 5.69 Å². The van der Waals surface area contributed by atoms with E-state index in [0.29, 0.717) is 18.7 Å². The third-order valence-electron chi connectivity index (χ3n) is 4.56. The van der Waals surface area contributed by atoms with Crippen molar-refractivity contribution in [1.82, 2.24) is 19.9 Å². The van der Waals surface area contributed by atoms with Crippen LogP contribution in [0.5, 0.6) is 0 Å². The fourth-order valence-corrected chi connectivity index (χ4v) is 3.26. The van der Waals surface area contributed by atoms with Crippen molar-refractivity contribution >= 4 is 11.9 Å². The number of hydrogen-bond acceptors (Lipinski definition) is 4. The maximum Gasteiger partial charge on any atom is 0.303 e. The summed E-state index contributed by atoms with van der Waals surface area (Å²) in [5, 5.41) is 17.0. The van der Waals surface area contributed by atoms with Crippen molar-refractivity contribution in [1.29, 1.82) is 0 Å². The van der Waals surface area contributed by atoms with Crippen LogP contribution in [0, 0.1) is 6.92 Å². The Morgan fingerprint density at radius 3 is 2.92 bits per heavy atom. The fourth-order valence-electron chi connectivity index (χ4n) is 3.26. The molecule has 25 heavy (non-hydrogen) atoms. The van der Waals surface area contributed by atoms with Crippen LogP contribution in [0.2, 0.25) is 0 Å². The lowest BCUT2D eigenvalue weighted by atomic mass is 9.97. The van der Waals surface area contributed by atoms with E-state index in [1.54, 1.807) is 15.8 Å². The molecule has 1 aliphatic heterocycles. The molecule has 1 N–H and O–H groups in total. The van der Waals surface area contributed by atoms with E-state index in [4.69, 9.17) is 5.11 Å². The van der Waals surface area contributed by atoms with E-state index in [2.05, 4.69) is 10.3 Å². The van der Waals surface area contributed by atoms with E-state index >= 15 is 0 Å². The van der Waals surface area contributed by atoms with Crippen molar-refractivity contribution in [2.24, 2.45) is 0 Å². The van der Waals surface area contributed by atoms with Crippen LogP contribution in [0.4, 0.5) is 0 Å². The van der Waals surface area contributed by atoms with Crippen molar-refractivity contribution in [3.05, 3.63) is 41.7 Å². The van der Waals surface area contributed by atoms with E-state index in [-0.39, 0.29) is 18.4 Å². The number of nitrogens with zero attached hydrogens (tertiary/aromatic N) is 4. The quantitative estimate of drug-likeness (QED) is 0.901. The number of hydrogen-bond donors (Lipinski definition) is 1. The number of aromatic nitrogens is 3. The van der Waals surface area contributed by atoms with Crippen molar-refractivity contribution in [3.8, 4) is 5.69 Å². The maximum atomic E-state index is 12.8. The van der Waals surface area contributed by atoms with Crippen LogP contribution in [-0.4, -0.2) is 49.5 Å². The van der Waals surface area contributed by atoms with E-state index in [1.807, 2.05) is 31.2 Å². The third-order valence-corrected chi connectivity index (χ3v) is 4.56. The first-order chi connectivity index (χ1) is 12.0. The van der Waals surface area contributed by atoms with Gasteiger partial charge in [0, 0.05) is 19.0 Å². The van der Waals surface area contributed by atoms with E-state index < -0.39 is 5.97 Å². The van der Waals surface area contributed by atoms with Crippen LogP contribution in [0.1, 0.15) is 48.2 Å². The normalized spacial score (nSPS) is 17.5. The number of carboxylic acid groups (broad SMARTS) is 1. The highest BCUT2D eigenvalue weighted by atomic mass is 16.4. The van der Waals surface area contributed by atoms with Gasteiger partial charge in [0.1, 0.15) is 0 Å². The Labute approximate surface area is 146 Å². The third kappa shape index (κ3) is 4.04. The lowest BCUT2D eigenvalue weighted by molar-refractivity contribution is -0.137. The second-order valence-corrected chi connectivity index (χ2v) is 6.47. The molecule has 3 rings (SSSR count). The fraction of sp³-hybridized carbons (Fsp3) is 0.444. The van der Waals surface area contributed by atoms with Crippen LogP contribution in [0.3, 0.4) is 0 Å². The Balaban J connectivity index is 1.76. The number of rotatable bonds is 5. The summed E-state index contributed by atoms with van der Waals surface area (Å²) in [5.41, 5.74) is 2.25. The Morgan fingerprint density at radius 2 is 2.16 bits per heavy atom. The van der Waals surface area contributed by atoms with Gasteiger partial charge in [-0.05, 0) is 50.3 Å². The molecule has 0 spiro atoms. The van der Waals surface area contributed by atoms with Crippen molar-refractivity contribution in [2.75, 3.05) is 6.54 Å². The molecule has 1 atom stereocenters. The van der Waals surface area contributed by atoms with Crippen molar-refractivity contribution in [3.63, 3.8) is 0 Å². The van der Waals surface area contributed by atoms with Crippen LogP contribution >= 0.6 is 0 Å². The van der Waals surface area contributed by atoms with Gasteiger partial charge in [0.15, 0.2) is 5.69 Å². The number of carboxylic acids is 1. The molecule has 1 fully saturated rings. The SMILES string of the molecule is Cc1cccc(-n2cc(C(=O)N3CCCCC3CCC(=O)O)nn2)c1. The van der Waals surface area contributed by atoms with Gasteiger partial charge in [-0.3, -0.25) is 9.59 Å². The number of amides is 1. The summed E-state index contributed by atoms with van der Waals surface area (Å²) in [6.45, 7) is 2.63. The molecule has 1 aliphatic rings. The number of piperidine rings is 1. The van der Waals surface area contributed by atoms with Crippen LogP contribution in [-0.2, 0) is 4.79 Å². The second kappa shape index (κ2) is 7.46. The van der Waals surface area contributed by atoms with Crippen LogP contribution < -0.4 is 0 Å². The molecule has 1 unspecified atom stereocenters. The molecule has 0 aliphatic carbocycles. The zero-order valence-electron chi connectivity index (χ0n) is 14.3. The first-order valence-corrected chi connectivity index (χ1v) is 8.57. The molecule has 132 valence electrons. The lowest BCUT2D eigenvalue weighted by Gasteiger charge is -2.35. The smallest absolute Gasteiger partial charge is 0.303 e. The first kappa shape index (κ1) is 17.1. The highest BCUT2D eigenvalue weighted by Gasteiger charge is 2.29. The van der Waals surface area contributed by atoms with Gasteiger partial charge in [-0.1, -0.05) is 17.3 Å².